The largest absolute Gasteiger partial charge is 0.309 e. The Bertz CT molecular complexity index is 2680. The summed E-state index contributed by atoms with van der Waals surface area (Å²) in [5.41, 5.74) is 17.7. The summed E-state index contributed by atoms with van der Waals surface area (Å²) in [6.07, 6.45) is 2.08. The lowest BCUT2D eigenvalue weighted by Gasteiger charge is -2.35. The molecule has 0 unspecified atom stereocenters. The molecule has 1 aliphatic carbocycles. The van der Waals surface area contributed by atoms with E-state index >= 15 is 0 Å². The maximum Gasteiger partial charge on any atom is 0.0621 e. The molecule has 9 rings (SSSR count). The fourth-order valence-corrected chi connectivity index (χ4v) is 9.41. The Morgan fingerprint density at radius 2 is 1.00 bits per heavy atom. The molecule has 0 saturated carbocycles. The summed E-state index contributed by atoms with van der Waals surface area (Å²) >= 11 is 0. The third-order valence-corrected chi connectivity index (χ3v) is 12.3. The minimum Gasteiger partial charge on any atom is -0.309 e. The third kappa shape index (κ3) is 5.85. The van der Waals surface area contributed by atoms with Crippen LogP contribution in [0.4, 0.5) is 17.1 Å². The van der Waals surface area contributed by atoms with Gasteiger partial charge in [-0.25, -0.2) is 0 Å². The van der Waals surface area contributed by atoms with Crippen LogP contribution in [0.2, 0.25) is 0 Å². The number of nitrogens with zero attached hydrogens (tertiary/aromatic N) is 1. The molecule has 1 aliphatic rings. The first-order valence-electron chi connectivity index (χ1n) is 20.2. The van der Waals surface area contributed by atoms with Gasteiger partial charge >= 0.3 is 0 Å². The Labute approximate surface area is 332 Å². The van der Waals surface area contributed by atoms with Crippen LogP contribution in [0.3, 0.4) is 0 Å². The molecule has 56 heavy (non-hydrogen) atoms. The van der Waals surface area contributed by atoms with Gasteiger partial charge in [0, 0.05) is 27.7 Å². The maximum absolute atomic E-state index is 2.60. The summed E-state index contributed by atoms with van der Waals surface area (Å²) < 4.78 is 0. The highest BCUT2D eigenvalue weighted by atomic mass is 15.2. The quantitative estimate of drug-likeness (QED) is 0.151. The van der Waals surface area contributed by atoms with Gasteiger partial charge in [-0.2, -0.15) is 0 Å². The second kappa shape index (κ2) is 14.2. The molecule has 0 N–H and O–H groups in total. The van der Waals surface area contributed by atoms with E-state index in [9.17, 15) is 0 Å². The van der Waals surface area contributed by atoms with Crippen molar-refractivity contribution in [3.05, 3.63) is 199 Å². The van der Waals surface area contributed by atoms with E-state index < -0.39 is 0 Å². The van der Waals surface area contributed by atoms with Crippen molar-refractivity contribution in [3.8, 4) is 44.5 Å². The molecule has 8 aromatic rings. The Morgan fingerprint density at radius 1 is 0.464 bits per heavy atom. The van der Waals surface area contributed by atoms with E-state index in [0.29, 0.717) is 0 Å². The van der Waals surface area contributed by atoms with Crippen molar-refractivity contribution in [1.29, 1.82) is 0 Å². The highest BCUT2D eigenvalue weighted by Crippen LogP contribution is 2.59. The van der Waals surface area contributed by atoms with Gasteiger partial charge in [0.05, 0.1) is 5.69 Å². The molecule has 0 aliphatic heterocycles. The Kier molecular flexibility index (Phi) is 8.98. The third-order valence-electron chi connectivity index (χ3n) is 12.3. The molecule has 0 atom stereocenters. The zero-order valence-electron chi connectivity index (χ0n) is 33.2. The molecule has 0 amide bonds. The molecule has 274 valence electrons. The monoisotopic (exact) mass is 723 g/mol. The van der Waals surface area contributed by atoms with Crippen LogP contribution in [0.5, 0.6) is 0 Å². The van der Waals surface area contributed by atoms with Gasteiger partial charge in [0.1, 0.15) is 0 Å². The topological polar surface area (TPSA) is 3.24 Å². The SMILES string of the molecule is CCC1(CC)c2ccccc2-c2c1cc1ccccc1c2N(c1ccc(-c2ccccc2-c2ccccc2)cc1)c1ccc(-c2ccccc2)cc1C(C)(C)C. The molecule has 0 aromatic heterocycles. The van der Waals surface area contributed by atoms with Crippen molar-refractivity contribution in [3.63, 3.8) is 0 Å². The van der Waals surface area contributed by atoms with Crippen molar-refractivity contribution in [2.45, 2.75) is 58.3 Å². The van der Waals surface area contributed by atoms with E-state index in [1.165, 1.54) is 83.3 Å². The Balaban J connectivity index is 1.35. The second-order valence-electron chi connectivity index (χ2n) is 16.3. The van der Waals surface area contributed by atoms with E-state index in [-0.39, 0.29) is 10.8 Å². The first-order valence-corrected chi connectivity index (χ1v) is 20.2. The molecular formula is C55H49N. The van der Waals surface area contributed by atoms with Crippen LogP contribution in [-0.2, 0) is 10.8 Å². The minimum absolute atomic E-state index is 0.0641. The first-order chi connectivity index (χ1) is 27.3. The van der Waals surface area contributed by atoms with Crippen molar-refractivity contribution >= 4 is 27.8 Å². The molecule has 8 aromatic carbocycles. The summed E-state index contributed by atoms with van der Waals surface area (Å²) in [5.74, 6) is 0. The average molecular weight is 724 g/mol. The normalized spacial score (nSPS) is 13.0. The fourth-order valence-electron chi connectivity index (χ4n) is 9.41. The van der Waals surface area contributed by atoms with Crippen LogP contribution in [-0.4, -0.2) is 0 Å². The Morgan fingerprint density at radius 3 is 1.64 bits per heavy atom. The highest BCUT2D eigenvalue weighted by Gasteiger charge is 2.43. The van der Waals surface area contributed by atoms with Crippen LogP contribution in [0.1, 0.15) is 64.2 Å². The van der Waals surface area contributed by atoms with E-state index in [2.05, 4.69) is 222 Å². The smallest absolute Gasteiger partial charge is 0.0621 e. The molecule has 0 fully saturated rings. The van der Waals surface area contributed by atoms with Gasteiger partial charge in [-0.05, 0) is 110 Å². The summed E-state index contributed by atoms with van der Waals surface area (Å²) in [6, 6.07) is 67.5. The molecule has 0 saturated heterocycles. The number of anilines is 3. The lowest BCUT2D eigenvalue weighted by atomic mass is 9.73. The summed E-state index contributed by atoms with van der Waals surface area (Å²) in [7, 11) is 0. The lowest BCUT2D eigenvalue weighted by molar-refractivity contribution is 0.491. The standard InChI is InChI=1S/C55H49N/c1-6-55(7-2)48-29-19-18-28-47(48)52-50(55)37-42-24-14-15-27-46(42)53(52)56(51-35-32-41(36-49(51)54(3,4)5)38-20-10-8-11-21-38)43-33-30-40(31-34-43)45-26-17-16-25-44(45)39-22-12-9-13-23-39/h8-37H,6-7H2,1-5H3. The van der Waals surface area contributed by atoms with Gasteiger partial charge < -0.3 is 4.90 Å². The van der Waals surface area contributed by atoms with Gasteiger partial charge in [-0.3, -0.25) is 0 Å². The number of hydrogen-bond acceptors (Lipinski definition) is 1. The minimum atomic E-state index is -0.144. The predicted molar refractivity (Wildman–Crippen MR) is 240 cm³/mol. The molecule has 1 nitrogen and oxygen atoms in total. The van der Waals surface area contributed by atoms with Crippen molar-refractivity contribution in [2.24, 2.45) is 0 Å². The number of rotatable bonds is 8. The van der Waals surface area contributed by atoms with Gasteiger partial charge in [-0.1, -0.05) is 186 Å². The second-order valence-corrected chi connectivity index (χ2v) is 16.3. The van der Waals surface area contributed by atoms with E-state index in [1.54, 1.807) is 0 Å². The zero-order chi connectivity index (χ0) is 38.4. The number of benzene rings is 8. The Hall–Kier alpha value is -6.18. The lowest BCUT2D eigenvalue weighted by Crippen LogP contribution is -2.23. The molecule has 1 heteroatoms. The molecule has 0 radical (unpaired) electrons. The van der Waals surface area contributed by atoms with Crippen LogP contribution in [0.15, 0.2) is 182 Å². The summed E-state index contributed by atoms with van der Waals surface area (Å²) in [5, 5.41) is 2.53. The van der Waals surface area contributed by atoms with E-state index in [1.807, 2.05) is 0 Å². The number of fused-ring (bicyclic) bond motifs is 4. The summed E-state index contributed by atoms with van der Waals surface area (Å²) in [4.78, 5) is 2.60. The van der Waals surface area contributed by atoms with Crippen molar-refractivity contribution in [1.82, 2.24) is 0 Å². The van der Waals surface area contributed by atoms with Gasteiger partial charge in [0.25, 0.3) is 0 Å². The fraction of sp³-hybridized carbons (Fsp3) is 0.164. The average Bonchev–Trinajstić information content (AvgIpc) is 3.53. The van der Waals surface area contributed by atoms with E-state index in [4.69, 9.17) is 0 Å². The van der Waals surface area contributed by atoms with Gasteiger partial charge in [0.2, 0.25) is 0 Å². The van der Waals surface area contributed by atoms with E-state index in [0.717, 1.165) is 18.5 Å². The zero-order valence-corrected chi connectivity index (χ0v) is 33.2. The molecule has 0 heterocycles. The molecule has 0 bridgehead atoms. The summed E-state index contributed by atoms with van der Waals surface area (Å²) in [6.45, 7) is 11.8. The number of hydrogen-bond donors (Lipinski definition) is 0. The molecular weight excluding hydrogens is 675 g/mol. The van der Waals surface area contributed by atoms with Gasteiger partial charge in [0.15, 0.2) is 0 Å². The van der Waals surface area contributed by atoms with Crippen molar-refractivity contribution < 1.29 is 0 Å². The highest BCUT2D eigenvalue weighted by molar-refractivity contribution is 6.10. The van der Waals surface area contributed by atoms with Gasteiger partial charge in [-0.15, -0.1) is 0 Å². The maximum atomic E-state index is 2.60. The first kappa shape index (κ1) is 35.5. The van der Waals surface area contributed by atoms with Crippen LogP contribution in [0.25, 0.3) is 55.3 Å². The van der Waals surface area contributed by atoms with Crippen molar-refractivity contribution in [2.75, 3.05) is 4.90 Å². The van der Waals surface area contributed by atoms with Crippen LogP contribution < -0.4 is 4.90 Å². The predicted octanol–water partition coefficient (Wildman–Crippen LogP) is 15.7. The van der Waals surface area contributed by atoms with Crippen LogP contribution in [0, 0.1) is 0 Å². The molecule has 0 spiro atoms. The van der Waals surface area contributed by atoms with Crippen LogP contribution >= 0.6 is 0 Å².